The predicted octanol–water partition coefficient (Wildman–Crippen LogP) is 1.14. The van der Waals surface area contributed by atoms with Crippen molar-refractivity contribution in [1.82, 2.24) is 20.4 Å². The molecule has 0 spiro atoms. The lowest BCUT2D eigenvalue weighted by atomic mass is 10.1. The second-order valence-electron chi connectivity index (χ2n) is 4.86. The van der Waals surface area contributed by atoms with Crippen LogP contribution < -0.4 is 15.4 Å². The summed E-state index contributed by atoms with van der Waals surface area (Å²) in [6.45, 7) is 0.234. The molecule has 0 aliphatic heterocycles. The van der Waals surface area contributed by atoms with Crippen LogP contribution in [-0.4, -0.2) is 29.8 Å². The molecule has 0 saturated heterocycles. The summed E-state index contributed by atoms with van der Waals surface area (Å²) in [5.74, 6) is -0.475. The molecule has 1 aromatic carbocycles. The van der Waals surface area contributed by atoms with Gasteiger partial charge in [-0.25, -0.2) is 4.39 Å². The first-order valence-electron chi connectivity index (χ1n) is 6.81. The Kier molecular flexibility index (Phi) is 5.11. The van der Waals surface area contributed by atoms with Gasteiger partial charge < -0.3 is 15.4 Å². The van der Waals surface area contributed by atoms with Crippen molar-refractivity contribution >= 4 is 5.91 Å². The maximum absolute atomic E-state index is 13.6. The number of methoxy groups -OCH3 is 1. The van der Waals surface area contributed by atoms with E-state index in [0.717, 1.165) is 5.56 Å². The summed E-state index contributed by atoms with van der Waals surface area (Å²) in [7, 11) is 4.89. The van der Waals surface area contributed by atoms with E-state index in [1.165, 1.54) is 19.2 Å². The van der Waals surface area contributed by atoms with Crippen molar-refractivity contribution in [3.63, 3.8) is 0 Å². The van der Waals surface area contributed by atoms with Gasteiger partial charge >= 0.3 is 0 Å². The van der Waals surface area contributed by atoms with Gasteiger partial charge in [-0.2, -0.15) is 5.10 Å². The van der Waals surface area contributed by atoms with Gasteiger partial charge in [0.25, 0.3) is 0 Å². The Bertz CT molecular complexity index is 657. The highest BCUT2D eigenvalue weighted by molar-refractivity contribution is 5.83. The highest BCUT2D eigenvalue weighted by atomic mass is 19.1. The van der Waals surface area contributed by atoms with Crippen LogP contribution in [0.25, 0.3) is 0 Å². The highest BCUT2D eigenvalue weighted by Crippen LogP contribution is 2.18. The maximum atomic E-state index is 13.6. The lowest BCUT2D eigenvalue weighted by molar-refractivity contribution is -0.123. The zero-order chi connectivity index (χ0) is 16.1. The van der Waals surface area contributed by atoms with Crippen molar-refractivity contribution in [2.75, 3.05) is 14.2 Å². The number of hydrogen-bond acceptors (Lipinski definition) is 4. The molecule has 118 valence electrons. The molecule has 7 heteroatoms. The van der Waals surface area contributed by atoms with E-state index in [1.807, 2.05) is 0 Å². The Balaban J connectivity index is 2.00. The smallest absolute Gasteiger partial charge is 0.242 e. The van der Waals surface area contributed by atoms with Gasteiger partial charge in [-0.15, -0.1) is 0 Å². The molecule has 2 N–H and O–H groups in total. The number of benzene rings is 1. The number of aromatic nitrogens is 2. The first-order chi connectivity index (χ1) is 10.5. The molecule has 1 unspecified atom stereocenters. The molecular weight excluding hydrogens is 287 g/mol. The Labute approximate surface area is 128 Å². The van der Waals surface area contributed by atoms with Crippen LogP contribution in [0.4, 0.5) is 4.39 Å². The number of carbonyl (C=O) groups excluding carboxylic acids is 1. The zero-order valence-electron chi connectivity index (χ0n) is 12.8. The first kappa shape index (κ1) is 16.0. The number of aryl methyl sites for hydroxylation is 1. The second kappa shape index (κ2) is 7.04. The standard InChI is InChI=1S/C15H19FN4O2/c1-17-14(11-8-19-20(2)9-11)15(21)18-7-10-4-5-13(22-3)12(16)6-10/h4-6,8-9,14,17H,7H2,1-3H3,(H,18,21). The molecule has 0 bridgehead atoms. The molecule has 2 aromatic rings. The average Bonchev–Trinajstić information content (AvgIpc) is 2.92. The van der Waals surface area contributed by atoms with Gasteiger partial charge in [0.1, 0.15) is 6.04 Å². The highest BCUT2D eigenvalue weighted by Gasteiger charge is 2.19. The molecule has 6 nitrogen and oxygen atoms in total. The molecule has 1 atom stereocenters. The van der Waals surface area contributed by atoms with E-state index < -0.39 is 11.9 Å². The number of hydrogen-bond donors (Lipinski definition) is 2. The van der Waals surface area contributed by atoms with Crippen molar-refractivity contribution < 1.29 is 13.9 Å². The van der Waals surface area contributed by atoms with Gasteiger partial charge in [-0.1, -0.05) is 6.07 Å². The van der Waals surface area contributed by atoms with E-state index in [9.17, 15) is 9.18 Å². The molecular formula is C15H19FN4O2. The number of nitrogens with one attached hydrogen (secondary N) is 2. The largest absolute Gasteiger partial charge is 0.494 e. The number of amides is 1. The first-order valence-corrected chi connectivity index (χ1v) is 6.81. The number of ether oxygens (including phenoxy) is 1. The zero-order valence-corrected chi connectivity index (χ0v) is 12.8. The molecule has 1 amide bonds. The van der Waals surface area contributed by atoms with E-state index >= 15 is 0 Å². The van der Waals surface area contributed by atoms with E-state index in [-0.39, 0.29) is 18.2 Å². The monoisotopic (exact) mass is 306 g/mol. The second-order valence-corrected chi connectivity index (χ2v) is 4.86. The van der Waals surface area contributed by atoms with Gasteiger partial charge in [0.15, 0.2) is 11.6 Å². The van der Waals surface area contributed by atoms with Gasteiger partial charge in [0.05, 0.1) is 13.3 Å². The Morgan fingerprint density at radius 3 is 2.82 bits per heavy atom. The molecule has 22 heavy (non-hydrogen) atoms. The molecule has 0 saturated carbocycles. The Morgan fingerprint density at radius 2 is 2.27 bits per heavy atom. The van der Waals surface area contributed by atoms with E-state index in [4.69, 9.17) is 4.74 Å². The lowest BCUT2D eigenvalue weighted by Crippen LogP contribution is -2.35. The van der Waals surface area contributed by atoms with Gasteiger partial charge in [-0.05, 0) is 24.7 Å². The van der Waals surface area contributed by atoms with E-state index in [1.54, 1.807) is 37.2 Å². The van der Waals surface area contributed by atoms with E-state index in [0.29, 0.717) is 5.56 Å². The summed E-state index contributed by atoms with van der Waals surface area (Å²) in [5.41, 5.74) is 1.43. The molecule has 0 radical (unpaired) electrons. The summed E-state index contributed by atoms with van der Waals surface area (Å²) >= 11 is 0. The van der Waals surface area contributed by atoms with Crippen LogP contribution in [0.2, 0.25) is 0 Å². The summed E-state index contributed by atoms with van der Waals surface area (Å²) < 4.78 is 20.1. The SMILES string of the molecule is CNC(C(=O)NCc1ccc(OC)c(F)c1)c1cnn(C)c1. The number of rotatable bonds is 6. The van der Waals surface area contributed by atoms with Crippen LogP contribution in [0.3, 0.4) is 0 Å². The fourth-order valence-corrected chi connectivity index (χ4v) is 2.15. The predicted molar refractivity (Wildman–Crippen MR) is 79.8 cm³/mol. The van der Waals surface area contributed by atoms with Crippen molar-refractivity contribution in [3.8, 4) is 5.75 Å². The van der Waals surface area contributed by atoms with Gasteiger partial charge in [0.2, 0.25) is 5.91 Å². The third kappa shape index (κ3) is 3.62. The normalized spacial score (nSPS) is 12.0. The summed E-state index contributed by atoms with van der Waals surface area (Å²) in [6.07, 6.45) is 3.40. The van der Waals surface area contributed by atoms with Crippen LogP contribution >= 0.6 is 0 Å². The summed E-state index contributed by atoms with van der Waals surface area (Å²) in [6, 6.07) is 4.09. The van der Waals surface area contributed by atoms with Crippen LogP contribution in [0, 0.1) is 5.82 Å². The molecule has 1 aromatic heterocycles. The molecule has 2 rings (SSSR count). The molecule has 0 aliphatic carbocycles. The average molecular weight is 306 g/mol. The minimum absolute atomic E-state index is 0.179. The van der Waals surface area contributed by atoms with Crippen molar-refractivity contribution in [1.29, 1.82) is 0 Å². The number of likely N-dealkylation sites (N-methyl/N-ethyl adjacent to an activating group) is 1. The lowest BCUT2D eigenvalue weighted by Gasteiger charge is -2.14. The van der Waals surface area contributed by atoms with Crippen LogP contribution in [0.5, 0.6) is 5.75 Å². The topological polar surface area (TPSA) is 68.2 Å². The Morgan fingerprint density at radius 1 is 1.50 bits per heavy atom. The number of nitrogens with zero attached hydrogens (tertiary/aromatic N) is 2. The van der Waals surface area contributed by atoms with E-state index in [2.05, 4.69) is 15.7 Å². The van der Waals surface area contributed by atoms with Crippen molar-refractivity contribution in [2.24, 2.45) is 7.05 Å². The summed E-state index contributed by atoms with van der Waals surface area (Å²) in [5, 5.41) is 9.76. The quantitative estimate of drug-likeness (QED) is 0.840. The molecule has 0 fully saturated rings. The van der Waals surface area contributed by atoms with Crippen molar-refractivity contribution in [2.45, 2.75) is 12.6 Å². The summed E-state index contributed by atoms with van der Waals surface area (Å²) in [4.78, 5) is 12.2. The fraction of sp³-hybridized carbons (Fsp3) is 0.333. The third-order valence-electron chi connectivity index (χ3n) is 3.29. The van der Waals surface area contributed by atoms with Crippen LogP contribution in [-0.2, 0) is 18.4 Å². The van der Waals surface area contributed by atoms with Gasteiger partial charge in [-0.3, -0.25) is 9.48 Å². The van der Waals surface area contributed by atoms with Gasteiger partial charge in [0, 0.05) is 25.4 Å². The van der Waals surface area contributed by atoms with Crippen LogP contribution in [0.15, 0.2) is 30.6 Å². The third-order valence-corrected chi connectivity index (χ3v) is 3.29. The van der Waals surface area contributed by atoms with Crippen LogP contribution in [0.1, 0.15) is 17.2 Å². The minimum Gasteiger partial charge on any atom is -0.494 e. The maximum Gasteiger partial charge on any atom is 0.242 e. The minimum atomic E-state index is -0.503. The molecule has 1 heterocycles. The molecule has 0 aliphatic rings. The number of carbonyl (C=O) groups is 1. The Hall–Kier alpha value is -2.41. The fourth-order valence-electron chi connectivity index (χ4n) is 2.15. The van der Waals surface area contributed by atoms with Crippen molar-refractivity contribution in [3.05, 3.63) is 47.5 Å². The number of halogens is 1.